The van der Waals surface area contributed by atoms with Crippen LogP contribution in [0.2, 0.25) is 5.02 Å². The maximum Gasteiger partial charge on any atom is 0.229 e. The van der Waals surface area contributed by atoms with E-state index in [9.17, 15) is 8.42 Å². The molecule has 3 aliphatic rings. The molecule has 0 unspecified atom stereocenters. The summed E-state index contributed by atoms with van der Waals surface area (Å²) in [6, 6.07) is 11.8. The lowest BCUT2D eigenvalue weighted by Crippen LogP contribution is -2.63. The zero-order valence-corrected chi connectivity index (χ0v) is 30.6. The van der Waals surface area contributed by atoms with Crippen LogP contribution in [0.15, 0.2) is 47.5 Å². The van der Waals surface area contributed by atoms with Gasteiger partial charge in [-0.25, -0.2) is 13.4 Å². The molecule has 3 fully saturated rings. The monoisotopic (exact) mass is 695 g/mol. The van der Waals surface area contributed by atoms with Crippen molar-refractivity contribution in [3.63, 3.8) is 0 Å². The van der Waals surface area contributed by atoms with E-state index in [1.807, 2.05) is 13.8 Å². The lowest BCUT2D eigenvalue weighted by Gasteiger charge is -2.50. The number of nitrogens with one attached hydrogen (secondary N) is 2. The van der Waals surface area contributed by atoms with Crippen molar-refractivity contribution >= 4 is 44.6 Å². The maximum atomic E-state index is 13.0. The first-order chi connectivity index (χ1) is 22.9. The highest BCUT2D eigenvalue weighted by atomic mass is 35.5. The van der Waals surface area contributed by atoms with Gasteiger partial charge in [0.25, 0.3) is 0 Å². The predicted octanol–water partition coefficient (Wildman–Crippen LogP) is 6.32. The fourth-order valence-electron chi connectivity index (χ4n) is 7.23. The van der Waals surface area contributed by atoms with Crippen molar-refractivity contribution in [3.8, 4) is 5.75 Å². The van der Waals surface area contributed by atoms with E-state index in [4.69, 9.17) is 16.3 Å². The molecule has 3 aromatic rings. The molecule has 2 aromatic carbocycles. The third kappa shape index (κ3) is 7.75. The van der Waals surface area contributed by atoms with E-state index in [1.54, 1.807) is 38.1 Å². The lowest BCUT2D eigenvalue weighted by molar-refractivity contribution is -0.00786. The SMILES string of the molecule is Cc1cc(Nc2ncc(Cl)c(Nc3ccccc3S(=O)(=O)C(C)C)n2)c(OC(C)C)cc1C1CCN(C2CN(CC3CN(C)C3)C2)CC1. The molecule has 10 nitrogen and oxygen atoms in total. The maximum absolute atomic E-state index is 13.0. The molecule has 4 heterocycles. The van der Waals surface area contributed by atoms with Gasteiger partial charge in [-0.3, -0.25) is 9.80 Å². The molecule has 48 heavy (non-hydrogen) atoms. The van der Waals surface area contributed by atoms with E-state index >= 15 is 0 Å². The Morgan fingerprint density at radius 1 is 1.00 bits per heavy atom. The number of aromatic nitrogens is 2. The van der Waals surface area contributed by atoms with Crippen LogP contribution in [-0.4, -0.2) is 103 Å². The number of para-hydroxylation sites is 1. The smallest absolute Gasteiger partial charge is 0.229 e. The molecular weight excluding hydrogens is 646 g/mol. The normalized spacial score (nSPS) is 19.0. The molecule has 2 N–H and O–H groups in total. The fraction of sp³-hybridized carbons (Fsp3) is 0.556. The molecule has 0 spiro atoms. The number of ether oxygens (including phenoxy) is 1. The Balaban J connectivity index is 1.14. The molecule has 0 atom stereocenters. The molecule has 0 radical (unpaired) electrons. The van der Waals surface area contributed by atoms with Crippen molar-refractivity contribution in [2.75, 3.05) is 63.5 Å². The van der Waals surface area contributed by atoms with E-state index in [1.165, 1.54) is 50.0 Å². The average Bonchev–Trinajstić information content (AvgIpc) is 3.00. The Labute approximate surface area is 291 Å². The third-order valence-corrected chi connectivity index (χ3v) is 12.4. The molecule has 12 heteroatoms. The summed E-state index contributed by atoms with van der Waals surface area (Å²) in [5, 5.41) is 6.18. The number of anilines is 4. The molecule has 0 aliphatic carbocycles. The zero-order valence-electron chi connectivity index (χ0n) is 29.0. The number of benzene rings is 2. The highest BCUT2D eigenvalue weighted by Crippen LogP contribution is 2.39. The van der Waals surface area contributed by atoms with Gasteiger partial charge in [0, 0.05) is 38.8 Å². The molecule has 3 saturated heterocycles. The Hall–Kier alpha value is -2.96. The summed E-state index contributed by atoms with van der Waals surface area (Å²) in [4.78, 5) is 17.0. The van der Waals surface area contributed by atoms with Crippen molar-refractivity contribution in [2.24, 2.45) is 5.92 Å². The van der Waals surface area contributed by atoms with E-state index in [0.29, 0.717) is 29.4 Å². The number of halogens is 1. The number of piperidine rings is 1. The highest BCUT2D eigenvalue weighted by Gasteiger charge is 2.37. The van der Waals surface area contributed by atoms with Gasteiger partial charge in [-0.2, -0.15) is 4.98 Å². The summed E-state index contributed by atoms with van der Waals surface area (Å²) in [7, 11) is -1.33. The number of hydrogen-bond acceptors (Lipinski definition) is 10. The van der Waals surface area contributed by atoms with Crippen LogP contribution in [0.3, 0.4) is 0 Å². The molecule has 260 valence electrons. The first-order valence-corrected chi connectivity index (χ1v) is 19.2. The standard InChI is InChI=1S/C36H50ClN7O3S/c1-23(2)47-33-16-29(27-11-13-44(14-12-27)28-21-43(22-28)20-26-18-42(6)19-26)25(5)15-32(33)40-36-38-17-30(37)35(41-36)39-31-9-7-8-10-34(31)48(45,46)24(3)4/h7-10,15-17,23-24,26-28H,11-14,18-22H2,1-6H3,(H2,38,39,40,41). The molecule has 0 bridgehead atoms. The second-order valence-corrected chi connectivity index (χ2v) is 17.3. The van der Waals surface area contributed by atoms with Gasteiger partial charge in [0.15, 0.2) is 15.7 Å². The minimum absolute atomic E-state index is 0.0207. The minimum atomic E-state index is -3.53. The predicted molar refractivity (Wildman–Crippen MR) is 194 cm³/mol. The number of aryl methyl sites for hydroxylation is 1. The van der Waals surface area contributed by atoms with E-state index in [2.05, 4.69) is 61.4 Å². The van der Waals surface area contributed by atoms with Gasteiger partial charge in [-0.05, 0) is 115 Å². The Kier molecular flexibility index (Phi) is 10.5. The summed E-state index contributed by atoms with van der Waals surface area (Å²) in [5.74, 6) is 2.71. The van der Waals surface area contributed by atoms with Crippen LogP contribution < -0.4 is 15.4 Å². The first-order valence-electron chi connectivity index (χ1n) is 17.2. The second kappa shape index (κ2) is 14.5. The summed E-state index contributed by atoms with van der Waals surface area (Å²) in [6.07, 6.45) is 3.76. The van der Waals surface area contributed by atoms with Crippen LogP contribution in [0.25, 0.3) is 0 Å². The third-order valence-electron chi connectivity index (χ3n) is 9.87. The second-order valence-electron chi connectivity index (χ2n) is 14.4. The Bertz CT molecular complexity index is 1700. The van der Waals surface area contributed by atoms with E-state index in [0.717, 1.165) is 43.3 Å². The molecule has 0 saturated carbocycles. The van der Waals surface area contributed by atoms with Crippen LogP contribution in [0.4, 0.5) is 23.1 Å². The molecule has 6 rings (SSSR count). The number of nitrogens with zero attached hydrogens (tertiary/aromatic N) is 5. The summed E-state index contributed by atoms with van der Waals surface area (Å²) in [6.45, 7) is 18.0. The minimum Gasteiger partial charge on any atom is -0.489 e. The van der Waals surface area contributed by atoms with Crippen molar-refractivity contribution in [1.29, 1.82) is 0 Å². The molecule has 1 aromatic heterocycles. The van der Waals surface area contributed by atoms with Gasteiger partial charge >= 0.3 is 0 Å². The largest absolute Gasteiger partial charge is 0.489 e. The van der Waals surface area contributed by atoms with Crippen molar-refractivity contribution in [3.05, 3.63) is 58.7 Å². The zero-order chi connectivity index (χ0) is 34.2. The highest BCUT2D eigenvalue weighted by molar-refractivity contribution is 7.92. The van der Waals surface area contributed by atoms with Crippen LogP contribution in [-0.2, 0) is 9.84 Å². The quantitative estimate of drug-likeness (QED) is 0.224. The van der Waals surface area contributed by atoms with E-state index < -0.39 is 15.1 Å². The summed E-state index contributed by atoms with van der Waals surface area (Å²) < 4.78 is 32.4. The summed E-state index contributed by atoms with van der Waals surface area (Å²) >= 11 is 6.50. The fourth-order valence-corrected chi connectivity index (χ4v) is 8.57. The van der Waals surface area contributed by atoms with Gasteiger partial charge in [-0.15, -0.1) is 0 Å². The number of rotatable bonds is 12. The van der Waals surface area contributed by atoms with Crippen LogP contribution in [0.5, 0.6) is 5.75 Å². The Morgan fingerprint density at radius 3 is 2.38 bits per heavy atom. The number of sulfone groups is 1. The van der Waals surface area contributed by atoms with Crippen LogP contribution in [0, 0.1) is 12.8 Å². The van der Waals surface area contributed by atoms with Gasteiger partial charge in [0.05, 0.1) is 33.8 Å². The van der Waals surface area contributed by atoms with E-state index in [-0.39, 0.29) is 16.0 Å². The average molecular weight is 696 g/mol. The Morgan fingerprint density at radius 2 is 1.71 bits per heavy atom. The topological polar surface area (TPSA) is 103 Å². The van der Waals surface area contributed by atoms with Gasteiger partial charge < -0.3 is 20.3 Å². The first kappa shape index (κ1) is 34.9. The van der Waals surface area contributed by atoms with Gasteiger partial charge in [0.1, 0.15) is 10.8 Å². The van der Waals surface area contributed by atoms with Gasteiger partial charge in [0.2, 0.25) is 5.95 Å². The van der Waals surface area contributed by atoms with Crippen LogP contribution >= 0.6 is 11.6 Å². The van der Waals surface area contributed by atoms with Crippen LogP contribution in [0.1, 0.15) is 57.6 Å². The number of hydrogen-bond donors (Lipinski definition) is 2. The lowest BCUT2D eigenvalue weighted by atomic mass is 9.85. The summed E-state index contributed by atoms with van der Waals surface area (Å²) in [5.41, 5.74) is 3.71. The number of likely N-dealkylation sites (tertiary alicyclic amines) is 3. The van der Waals surface area contributed by atoms with Crippen molar-refractivity contribution in [2.45, 2.75) is 75.7 Å². The molecule has 0 amide bonds. The molecular formula is C36H50ClN7O3S. The molecule has 3 aliphatic heterocycles. The van der Waals surface area contributed by atoms with Crippen molar-refractivity contribution < 1.29 is 13.2 Å². The van der Waals surface area contributed by atoms with Gasteiger partial charge in [-0.1, -0.05) is 23.7 Å². The van der Waals surface area contributed by atoms with Crippen molar-refractivity contribution in [1.82, 2.24) is 24.7 Å².